The molecule has 5 unspecified atom stereocenters. The van der Waals surface area contributed by atoms with Crippen LogP contribution >= 0.6 is 0 Å². The van der Waals surface area contributed by atoms with Gasteiger partial charge in [-0.15, -0.1) is 0 Å². The lowest BCUT2D eigenvalue weighted by Gasteiger charge is -2.54. The van der Waals surface area contributed by atoms with Crippen LogP contribution in [0.25, 0.3) is 0 Å². The van der Waals surface area contributed by atoms with Crippen LogP contribution in [-0.4, -0.2) is 120 Å². The summed E-state index contributed by atoms with van der Waals surface area (Å²) in [6.45, 7) is 12.9. The van der Waals surface area contributed by atoms with Crippen molar-refractivity contribution in [1.82, 2.24) is 0 Å². The second-order valence-electron chi connectivity index (χ2n) is 17.9. The summed E-state index contributed by atoms with van der Waals surface area (Å²) in [4.78, 5) is 14.0. The lowest BCUT2D eigenvalue weighted by molar-refractivity contribution is -0.366. The summed E-state index contributed by atoms with van der Waals surface area (Å²) in [5.74, 6) is -0.356. The molecule has 0 aromatic carbocycles. The number of aliphatic hydroxyl groups excluding tert-OH is 2. The average molecular weight is 729 g/mol. The van der Waals surface area contributed by atoms with Gasteiger partial charge < -0.3 is 48.1 Å². The third kappa shape index (κ3) is 6.81. The number of carbonyl (C=O) groups excluding carboxylic acids is 1. The molecule has 9 saturated heterocycles. The first-order valence-electron chi connectivity index (χ1n) is 20.5. The van der Waals surface area contributed by atoms with Crippen LogP contribution in [0.3, 0.4) is 0 Å². The number of Topliss-reactive ketones (excluding diaryl/α,β-unsaturated/α-hetero) is 1. The van der Waals surface area contributed by atoms with Gasteiger partial charge in [-0.05, 0) is 73.8 Å². The molecule has 0 aliphatic carbocycles. The van der Waals surface area contributed by atoms with Gasteiger partial charge in [-0.25, -0.2) is 0 Å². The van der Waals surface area contributed by atoms with Crippen LogP contribution in [0.15, 0.2) is 24.3 Å². The Morgan fingerprint density at radius 1 is 0.731 bits per heavy atom. The summed E-state index contributed by atoms with van der Waals surface area (Å²) in [7, 11) is 0. The molecule has 0 aromatic heterocycles. The topological polar surface area (TPSA) is 131 Å². The zero-order valence-corrected chi connectivity index (χ0v) is 31.0. The molecule has 2 N–H and O–H groups in total. The van der Waals surface area contributed by atoms with Gasteiger partial charge in [-0.2, -0.15) is 0 Å². The first-order valence-corrected chi connectivity index (χ1v) is 20.5. The SMILES string of the molecule is C=C1C2C[C@@H]3OC(CC(O)CO)[C@H](C)[C@H]3CC(=O)CC3CC[C@@H]4O[C@H]5CC6O[C@]7(CC[C@H]8CC(=C)[C@H](CC[C@@H](C[C@H]1C)O2)O8)C[C@H]6O[C@H]5[C@@H](O7)[C@H]4O3. The molecular weight excluding hydrogens is 668 g/mol. The third-order valence-electron chi connectivity index (χ3n) is 14.4. The Balaban J connectivity index is 0.988. The zero-order chi connectivity index (χ0) is 35.9. The van der Waals surface area contributed by atoms with Crippen LogP contribution in [0.4, 0.5) is 0 Å². The highest BCUT2D eigenvalue weighted by atomic mass is 16.8. The monoisotopic (exact) mass is 728 g/mol. The smallest absolute Gasteiger partial charge is 0.172 e. The molecule has 0 saturated carbocycles. The minimum Gasteiger partial charge on any atom is -0.394 e. The fraction of sp³-hybridized carbons (Fsp3) is 0.878. The van der Waals surface area contributed by atoms with E-state index in [4.69, 9.17) is 37.9 Å². The van der Waals surface area contributed by atoms with E-state index in [9.17, 15) is 15.0 Å². The molecule has 0 amide bonds. The van der Waals surface area contributed by atoms with Gasteiger partial charge in [0.2, 0.25) is 0 Å². The molecule has 9 rings (SSSR count). The Morgan fingerprint density at radius 2 is 1.52 bits per heavy atom. The van der Waals surface area contributed by atoms with Crippen LogP contribution in [0.5, 0.6) is 0 Å². The molecule has 0 radical (unpaired) electrons. The standard InChI is InChI=1S/C41H60O11/c1-20-11-26-5-7-30-21(2)12-28(45-30)9-10-41-18-37-35(51-41)17-36-39(50-37)40(52-41)38-31(48-36)8-6-27(47-38)13-24(43)14-29-23(4)32(15-25(44)19-42)49-34(29)16-33(46-26)22(20)3/h20,23,25-40,42,44H,2-3,5-19H2,1,4H3/t20-,23-,25?,26+,27?,28+,29-,30+,31+,32?,33?,34+,35?,36+,37-,38+,39-,40+,41+/m1/s1. The number of aliphatic hydroxyl groups is 2. The van der Waals surface area contributed by atoms with Crippen molar-refractivity contribution in [3.63, 3.8) is 0 Å². The van der Waals surface area contributed by atoms with E-state index in [1.807, 2.05) is 0 Å². The minimum atomic E-state index is -0.873. The number of hydrogen-bond acceptors (Lipinski definition) is 11. The van der Waals surface area contributed by atoms with Crippen molar-refractivity contribution in [2.24, 2.45) is 17.8 Å². The Kier molecular flexibility index (Phi) is 10.0. The molecule has 0 aromatic rings. The Hall–Kier alpha value is -1.25. The van der Waals surface area contributed by atoms with Crippen molar-refractivity contribution >= 4 is 5.78 Å². The number of ether oxygens (including phenoxy) is 8. The largest absolute Gasteiger partial charge is 0.394 e. The van der Waals surface area contributed by atoms with Gasteiger partial charge in [0.15, 0.2) is 5.79 Å². The molecule has 290 valence electrons. The van der Waals surface area contributed by atoms with Crippen LogP contribution in [0, 0.1) is 17.8 Å². The third-order valence-corrected chi connectivity index (χ3v) is 14.4. The predicted octanol–water partition coefficient (Wildman–Crippen LogP) is 4.48. The maximum absolute atomic E-state index is 14.0. The van der Waals surface area contributed by atoms with Crippen LogP contribution in [0.1, 0.15) is 104 Å². The Morgan fingerprint density at radius 3 is 2.37 bits per heavy atom. The molecule has 11 nitrogen and oxygen atoms in total. The van der Waals surface area contributed by atoms with Gasteiger partial charge in [0.05, 0.1) is 79.9 Å². The van der Waals surface area contributed by atoms with Crippen LogP contribution in [-0.2, 0) is 42.7 Å². The Labute approximate surface area is 308 Å². The van der Waals surface area contributed by atoms with Crippen molar-refractivity contribution in [1.29, 1.82) is 0 Å². The summed E-state index contributed by atoms with van der Waals surface area (Å²) >= 11 is 0. The van der Waals surface area contributed by atoms with Gasteiger partial charge in [0, 0.05) is 44.9 Å². The summed E-state index contributed by atoms with van der Waals surface area (Å²) in [5.41, 5.74) is 2.22. The summed E-state index contributed by atoms with van der Waals surface area (Å²) in [6.07, 6.45) is 6.76. The fourth-order valence-electron chi connectivity index (χ4n) is 11.4. The Bertz CT molecular complexity index is 1370. The quantitative estimate of drug-likeness (QED) is 0.399. The maximum atomic E-state index is 14.0. The predicted molar refractivity (Wildman–Crippen MR) is 187 cm³/mol. The lowest BCUT2D eigenvalue weighted by atomic mass is 9.78. The van der Waals surface area contributed by atoms with E-state index >= 15 is 0 Å². The average Bonchev–Trinajstić information content (AvgIpc) is 3.71. The minimum absolute atomic E-state index is 0.00724. The highest BCUT2D eigenvalue weighted by molar-refractivity contribution is 5.79. The van der Waals surface area contributed by atoms with E-state index in [0.717, 1.165) is 62.5 Å². The first kappa shape index (κ1) is 36.4. The molecule has 10 bridgehead atoms. The van der Waals surface area contributed by atoms with Crippen LogP contribution in [0.2, 0.25) is 0 Å². The molecule has 9 fully saturated rings. The van der Waals surface area contributed by atoms with E-state index < -0.39 is 11.9 Å². The molecular formula is C41H60O11. The summed E-state index contributed by atoms with van der Waals surface area (Å²) < 4.78 is 54.1. The highest BCUT2D eigenvalue weighted by Gasteiger charge is 2.64. The summed E-state index contributed by atoms with van der Waals surface area (Å²) in [6, 6.07) is 0. The van der Waals surface area contributed by atoms with Gasteiger partial charge in [0.25, 0.3) is 0 Å². The molecule has 52 heavy (non-hydrogen) atoms. The number of carbonyl (C=O) groups is 1. The van der Waals surface area contributed by atoms with Crippen LogP contribution < -0.4 is 0 Å². The number of ketones is 1. The zero-order valence-electron chi connectivity index (χ0n) is 31.0. The second kappa shape index (κ2) is 14.4. The highest BCUT2D eigenvalue weighted by Crippen LogP contribution is 2.52. The van der Waals surface area contributed by atoms with Crippen molar-refractivity contribution in [2.75, 3.05) is 6.61 Å². The molecule has 9 heterocycles. The maximum Gasteiger partial charge on any atom is 0.172 e. The van der Waals surface area contributed by atoms with E-state index in [1.165, 1.54) is 0 Å². The second-order valence-corrected chi connectivity index (χ2v) is 17.9. The van der Waals surface area contributed by atoms with Crippen molar-refractivity contribution < 1.29 is 52.9 Å². The lowest BCUT2D eigenvalue weighted by Crippen LogP contribution is -2.67. The number of fused-ring (bicyclic) bond motifs is 6. The molecule has 9 aliphatic rings. The van der Waals surface area contributed by atoms with Crippen molar-refractivity contribution in [3.8, 4) is 0 Å². The number of hydrogen-bond donors (Lipinski definition) is 2. The first-order chi connectivity index (χ1) is 25.0. The molecule has 1 spiro atoms. The fourth-order valence-corrected chi connectivity index (χ4v) is 11.4. The molecule has 11 heteroatoms. The normalized spacial score (nSPS) is 52.6. The number of rotatable bonds is 3. The van der Waals surface area contributed by atoms with E-state index in [-0.39, 0.29) is 110 Å². The van der Waals surface area contributed by atoms with Gasteiger partial charge in [-0.3, -0.25) is 4.79 Å². The summed E-state index contributed by atoms with van der Waals surface area (Å²) in [5, 5.41) is 20.0. The van der Waals surface area contributed by atoms with Crippen molar-refractivity contribution in [2.45, 2.75) is 201 Å². The van der Waals surface area contributed by atoms with Crippen molar-refractivity contribution in [3.05, 3.63) is 24.3 Å². The van der Waals surface area contributed by atoms with Gasteiger partial charge >= 0.3 is 0 Å². The van der Waals surface area contributed by atoms with E-state index in [2.05, 4.69) is 27.0 Å². The van der Waals surface area contributed by atoms with E-state index in [1.54, 1.807) is 0 Å². The van der Waals surface area contributed by atoms with E-state index in [0.29, 0.717) is 44.4 Å². The molecule has 9 aliphatic heterocycles. The molecule has 19 atom stereocenters. The van der Waals surface area contributed by atoms with Gasteiger partial charge in [-0.1, -0.05) is 27.0 Å². The van der Waals surface area contributed by atoms with Gasteiger partial charge in [0.1, 0.15) is 24.1 Å².